The highest BCUT2D eigenvalue weighted by Crippen LogP contribution is 2.17. The second-order valence-corrected chi connectivity index (χ2v) is 5.15. The van der Waals surface area contributed by atoms with Crippen LogP contribution >= 0.6 is 0 Å². The van der Waals surface area contributed by atoms with Crippen molar-refractivity contribution >= 4 is 17.3 Å². The number of carbonyl (C=O) groups excluding carboxylic acids is 1. The third-order valence-corrected chi connectivity index (χ3v) is 3.18. The third kappa shape index (κ3) is 6.43. The van der Waals surface area contributed by atoms with Crippen LogP contribution in [0.15, 0.2) is 73.8 Å². The average molecular weight is 338 g/mol. The van der Waals surface area contributed by atoms with E-state index in [0.717, 1.165) is 17.2 Å². The summed E-state index contributed by atoms with van der Waals surface area (Å²) in [6.07, 6.45) is 3.37. The smallest absolute Gasteiger partial charge is 0.243 e. The highest BCUT2D eigenvalue weighted by Gasteiger charge is 2.03. The molecule has 0 fully saturated rings. The fourth-order valence-electron chi connectivity index (χ4n) is 2.00. The van der Waals surface area contributed by atoms with E-state index >= 15 is 0 Å². The molecule has 0 atom stereocenters. The highest BCUT2D eigenvalue weighted by molar-refractivity contribution is 5.93. The van der Waals surface area contributed by atoms with Gasteiger partial charge in [0.25, 0.3) is 0 Å². The summed E-state index contributed by atoms with van der Waals surface area (Å²) in [5.41, 5.74) is 1.56. The number of rotatable bonds is 10. The summed E-state index contributed by atoms with van der Waals surface area (Å²) in [6.45, 7) is 8.28. The molecule has 0 aliphatic carbocycles. The van der Waals surface area contributed by atoms with Crippen LogP contribution in [0.4, 0.5) is 11.4 Å². The van der Waals surface area contributed by atoms with Gasteiger partial charge in [0.2, 0.25) is 5.91 Å². The van der Waals surface area contributed by atoms with Crippen LogP contribution in [-0.4, -0.2) is 25.7 Å². The van der Waals surface area contributed by atoms with Crippen molar-refractivity contribution in [3.63, 3.8) is 0 Å². The van der Waals surface area contributed by atoms with Crippen molar-refractivity contribution in [1.82, 2.24) is 0 Å². The Morgan fingerprint density at radius 2 is 1.32 bits per heavy atom. The second-order valence-electron chi connectivity index (χ2n) is 5.15. The van der Waals surface area contributed by atoms with E-state index in [1.807, 2.05) is 24.3 Å². The van der Waals surface area contributed by atoms with E-state index in [9.17, 15) is 4.79 Å². The molecule has 2 aromatic carbocycles. The Hall–Kier alpha value is -3.21. The van der Waals surface area contributed by atoms with E-state index in [1.54, 1.807) is 36.4 Å². The number of hydrogen-bond donors (Lipinski definition) is 2. The van der Waals surface area contributed by atoms with Gasteiger partial charge in [-0.25, -0.2) is 0 Å². The number of anilines is 2. The SMILES string of the molecule is C=CCOc1ccc(NCC(=O)Nc2ccc(OCC=C)cc2)cc1. The van der Waals surface area contributed by atoms with Crippen LogP contribution in [-0.2, 0) is 4.79 Å². The summed E-state index contributed by atoms with van der Waals surface area (Å²) in [6, 6.07) is 14.6. The van der Waals surface area contributed by atoms with Crippen molar-refractivity contribution in [2.45, 2.75) is 0 Å². The van der Waals surface area contributed by atoms with Crippen LogP contribution in [0.2, 0.25) is 0 Å². The zero-order valence-corrected chi connectivity index (χ0v) is 14.0. The molecule has 5 nitrogen and oxygen atoms in total. The first-order chi connectivity index (χ1) is 12.2. The van der Waals surface area contributed by atoms with Gasteiger partial charge in [-0.2, -0.15) is 0 Å². The van der Waals surface area contributed by atoms with E-state index in [0.29, 0.717) is 18.9 Å². The summed E-state index contributed by atoms with van der Waals surface area (Å²) in [7, 11) is 0. The minimum Gasteiger partial charge on any atom is -0.490 e. The zero-order chi connectivity index (χ0) is 17.9. The standard InChI is InChI=1S/C20H22N2O3/c1-3-13-24-18-9-5-16(6-10-18)21-15-20(23)22-17-7-11-19(12-8-17)25-14-4-2/h3-12,21H,1-2,13-15H2,(H,22,23). The van der Waals surface area contributed by atoms with Crippen LogP contribution < -0.4 is 20.1 Å². The Kier molecular flexibility index (Phi) is 7.13. The Labute approximate surface area is 148 Å². The van der Waals surface area contributed by atoms with Crippen molar-refractivity contribution in [2.24, 2.45) is 0 Å². The fourth-order valence-corrected chi connectivity index (χ4v) is 2.00. The van der Waals surface area contributed by atoms with E-state index in [-0.39, 0.29) is 12.5 Å². The van der Waals surface area contributed by atoms with Crippen molar-refractivity contribution < 1.29 is 14.3 Å². The topological polar surface area (TPSA) is 59.6 Å². The van der Waals surface area contributed by atoms with E-state index in [4.69, 9.17) is 9.47 Å². The fraction of sp³-hybridized carbons (Fsp3) is 0.150. The third-order valence-electron chi connectivity index (χ3n) is 3.18. The summed E-state index contributed by atoms with van der Waals surface area (Å²) in [5.74, 6) is 1.36. The van der Waals surface area contributed by atoms with Crippen LogP contribution in [0.1, 0.15) is 0 Å². The monoisotopic (exact) mass is 338 g/mol. The van der Waals surface area contributed by atoms with Crippen LogP contribution in [0.25, 0.3) is 0 Å². The maximum Gasteiger partial charge on any atom is 0.243 e. The first kappa shape index (κ1) is 18.1. The van der Waals surface area contributed by atoms with Crippen LogP contribution in [0.5, 0.6) is 11.5 Å². The van der Waals surface area contributed by atoms with Gasteiger partial charge in [0.05, 0.1) is 6.54 Å². The minimum absolute atomic E-state index is 0.133. The van der Waals surface area contributed by atoms with Gasteiger partial charge in [-0.3, -0.25) is 4.79 Å². The van der Waals surface area contributed by atoms with Gasteiger partial charge in [0, 0.05) is 11.4 Å². The number of hydrogen-bond acceptors (Lipinski definition) is 4. The van der Waals surface area contributed by atoms with Crippen molar-refractivity contribution in [2.75, 3.05) is 30.4 Å². The van der Waals surface area contributed by atoms with E-state index in [2.05, 4.69) is 23.8 Å². The summed E-state index contributed by atoms with van der Waals surface area (Å²) >= 11 is 0. The molecule has 130 valence electrons. The quantitative estimate of drug-likeness (QED) is 0.646. The van der Waals surface area contributed by atoms with Gasteiger partial charge in [0.15, 0.2) is 0 Å². The largest absolute Gasteiger partial charge is 0.490 e. The lowest BCUT2D eigenvalue weighted by atomic mass is 10.3. The van der Waals surface area contributed by atoms with Crippen molar-refractivity contribution in [1.29, 1.82) is 0 Å². The molecule has 0 aromatic heterocycles. The molecule has 0 aliphatic heterocycles. The number of nitrogens with one attached hydrogen (secondary N) is 2. The van der Waals surface area contributed by atoms with Crippen molar-refractivity contribution in [3.05, 3.63) is 73.8 Å². The summed E-state index contributed by atoms with van der Waals surface area (Å²) in [4.78, 5) is 12.0. The van der Waals surface area contributed by atoms with Gasteiger partial charge < -0.3 is 20.1 Å². The Bertz CT molecular complexity index is 694. The molecule has 0 bridgehead atoms. The molecule has 2 rings (SSSR count). The molecule has 0 spiro atoms. The first-order valence-corrected chi connectivity index (χ1v) is 7.92. The molecule has 1 amide bonds. The highest BCUT2D eigenvalue weighted by atomic mass is 16.5. The lowest BCUT2D eigenvalue weighted by molar-refractivity contribution is -0.114. The lowest BCUT2D eigenvalue weighted by Crippen LogP contribution is -2.21. The van der Waals surface area contributed by atoms with Gasteiger partial charge in [-0.05, 0) is 48.5 Å². The molecule has 2 N–H and O–H groups in total. The predicted octanol–water partition coefficient (Wildman–Crippen LogP) is 3.87. The molecule has 2 aromatic rings. The Morgan fingerprint density at radius 1 is 0.840 bits per heavy atom. The maximum atomic E-state index is 12.0. The minimum atomic E-state index is -0.133. The molecular weight excluding hydrogens is 316 g/mol. The Morgan fingerprint density at radius 3 is 1.80 bits per heavy atom. The normalized spacial score (nSPS) is 9.76. The molecule has 0 radical (unpaired) electrons. The van der Waals surface area contributed by atoms with Crippen LogP contribution in [0.3, 0.4) is 0 Å². The van der Waals surface area contributed by atoms with Crippen LogP contribution in [0, 0.1) is 0 Å². The molecule has 25 heavy (non-hydrogen) atoms. The average Bonchev–Trinajstić information content (AvgIpc) is 2.65. The molecule has 0 unspecified atom stereocenters. The molecule has 0 heterocycles. The number of carbonyl (C=O) groups is 1. The molecule has 0 saturated heterocycles. The van der Waals surface area contributed by atoms with E-state index in [1.165, 1.54) is 0 Å². The van der Waals surface area contributed by atoms with Crippen molar-refractivity contribution in [3.8, 4) is 11.5 Å². The zero-order valence-electron chi connectivity index (χ0n) is 14.0. The van der Waals surface area contributed by atoms with Gasteiger partial charge in [0.1, 0.15) is 24.7 Å². The van der Waals surface area contributed by atoms with Gasteiger partial charge in [-0.1, -0.05) is 25.3 Å². The summed E-state index contributed by atoms with van der Waals surface area (Å²) in [5, 5.41) is 5.89. The lowest BCUT2D eigenvalue weighted by Gasteiger charge is -2.09. The summed E-state index contributed by atoms with van der Waals surface area (Å²) < 4.78 is 10.8. The predicted molar refractivity (Wildman–Crippen MR) is 101 cm³/mol. The second kappa shape index (κ2) is 9.82. The number of amides is 1. The Balaban J connectivity index is 1.78. The number of ether oxygens (including phenoxy) is 2. The van der Waals surface area contributed by atoms with Gasteiger partial charge >= 0.3 is 0 Å². The molecule has 0 saturated carbocycles. The maximum absolute atomic E-state index is 12.0. The molecular formula is C20H22N2O3. The number of benzene rings is 2. The molecule has 5 heteroatoms. The van der Waals surface area contributed by atoms with Gasteiger partial charge in [-0.15, -0.1) is 0 Å². The molecule has 0 aliphatic rings. The van der Waals surface area contributed by atoms with E-state index < -0.39 is 0 Å². The first-order valence-electron chi connectivity index (χ1n) is 7.92.